The van der Waals surface area contributed by atoms with Gasteiger partial charge < -0.3 is 20.0 Å². The van der Waals surface area contributed by atoms with Gasteiger partial charge in [0.2, 0.25) is 0 Å². The summed E-state index contributed by atoms with van der Waals surface area (Å²) in [5.41, 5.74) is 3.02. The molecule has 0 radical (unpaired) electrons. The Labute approximate surface area is 193 Å². The largest absolute Gasteiger partial charge is 0.406 e. The summed E-state index contributed by atoms with van der Waals surface area (Å²) in [5.74, 6) is 0. The average molecular weight is 502 g/mol. The third-order valence-corrected chi connectivity index (χ3v) is 12.5. The summed E-state index contributed by atoms with van der Waals surface area (Å²) in [6.07, 6.45) is -1.44. The number of aryl methyl sites for hydroxylation is 1. The molecule has 0 amide bonds. The van der Waals surface area contributed by atoms with Crippen molar-refractivity contribution in [3.05, 3.63) is 55.9 Å². The van der Waals surface area contributed by atoms with E-state index < -0.39 is 60.3 Å². The van der Waals surface area contributed by atoms with E-state index in [1.54, 1.807) is 0 Å². The molecule has 4 N–H and O–H groups in total. The Morgan fingerprint density at radius 1 is 1.39 bits per heavy atom. The summed E-state index contributed by atoms with van der Waals surface area (Å²) in [6.45, 7) is 14.2. The molecule has 1 saturated heterocycles. The number of hydrogen-bond donors (Lipinski definition) is 3. The molecule has 4 atom stereocenters. The molecule has 33 heavy (non-hydrogen) atoms. The molecule has 1 aromatic heterocycles. The van der Waals surface area contributed by atoms with Gasteiger partial charge in [0.25, 0.3) is 15.7 Å². The number of hydrogen-bond acceptors (Lipinski definition) is 9. The lowest BCUT2D eigenvalue weighted by atomic mass is 9.88. The Morgan fingerprint density at radius 3 is 2.48 bits per heavy atom. The van der Waals surface area contributed by atoms with Crippen molar-refractivity contribution in [2.24, 2.45) is 5.73 Å². The monoisotopic (exact) mass is 501 g/mol. The number of nitrogens with one attached hydrogen (secondary N) is 1. The van der Waals surface area contributed by atoms with Gasteiger partial charge in [0.15, 0.2) is 20.1 Å². The zero-order chi connectivity index (χ0) is 25.1. The van der Waals surface area contributed by atoms with E-state index in [-0.39, 0.29) is 21.2 Å². The first kappa shape index (κ1) is 25.6. The molecule has 2 aliphatic rings. The van der Waals surface area contributed by atoms with Crippen molar-refractivity contribution < 1.29 is 26.9 Å². The maximum atomic E-state index is 12.8. The summed E-state index contributed by atoms with van der Waals surface area (Å²) in [7, 11) is -7.00. The molecular weight excluding hydrogens is 470 g/mol. The van der Waals surface area contributed by atoms with Gasteiger partial charge in [-0.1, -0.05) is 27.4 Å². The van der Waals surface area contributed by atoms with E-state index in [1.807, 2.05) is 33.9 Å². The minimum absolute atomic E-state index is 0.223. The number of aliphatic hydroxyl groups is 1. The summed E-state index contributed by atoms with van der Waals surface area (Å²) >= 11 is 0. The topological polar surface area (TPSA) is 163 Å². The van der Waals surface area contributed by atoms with E-state index >= 15 is 0 Å². The van der Waals surface area contributed by atoms with Gasteiger partial charge in [-0.2, -0.15) is 8.42 Å². The van der Waals surface area contributed by atoms with Crippen molar-refractivity contribution in [2.75, 3.05) is 6.61 Å². The van der Waals surface area contributed by atoms with E-state index in [0.717, 1.165) is 10.6 Å². The Hall–Kier alpha value is -2.03. The molecule has 2 unspecified atom stereocenters. The van der Waals surface area contributed by atoms with Gasteiger partial charge in [0.1, 0.15) is 17.1 Å². The minimum atomic E-state index is -4.34. The second-order valence-corrected chi connectivity index (χ2v) is 16.1. The molecular formula is C20H31N3O8SSi. The van der Waals surface area contributed by atoms with Crippen LogP contribution in [-0.2, 0) is 23.5 Å². The molecule has 0 saturated carbocycles. The lowest BCUT2D eigenvalue weighted by molar-refractivity contribution is -0.0588. The minimum Gasteiger partial charge on any atom is -0.406 e. The number of aromatic nitrogens is 2. The Kier molecular flexibility index (Phi) is 6.22. The van der Waals surface area contributed by atoms with Crippen LogP contribution in [0.2, 0.25) is 18.1 Å². The van der Waals surface area contributed by atoms with Crippen LogP contribution >= 0.6 is 0 Å². The highest BCUT2D eigenvalue weighted by Crippen LogP contribution is 2.52. The molecule has 0 bridgehead atoms. The number of allylic oxidation sites excluding steroid dienone is 1. The first-order valence-corrected chi connectivity index (χ1v) is 14.7. The molecule has 1 fully saturated rings. The van der Waals surface area contributed by atoms with Crippen molar-refractivity contribution in [2.45, 2.75) is 69.9 Å². The lowest BCUT2D eigenvalue weighted by Gasteiger charge is -2.43. The van der Waals surface area contributed by atoms with Gasteiger partial charge in [-0.25, -0.2) is 8.98 Å². The van der Waals surface area contributed by atoms with E-state index in [4.69, 9.17) is 19.1 Å². The highest BCUT2D eigenvalue weighted by molar-refractivity contribution is 7.91. The summed E-state index contributed by atoms with van der Waals surface area (Å²) in [4.78, 5) is 26.5. The van der Waals surface area contributed by atoms with Gasteiger partial charge >= 0.3 is 5.69 Å². The van der Waals surface area contributed by atoms with Gasteiger partial charge in [0.05, 0.1) is 12.3 Å². The second kappa shape index (κ2) is 8.03. The molecule has 11 nitrogen and oxygen atoms in total. The summed E-state index contributed by atoms with van der Waals surface area (Å²) < 4.78 is 44.9. The van der Waals surface area contributed by atoms with Crippen LogP contribution in [-0.4, -0.2) is 55.8 Å². The predicted octanol–water partition coefficient (Wildman–Crippen LogP) is 0.580. The quantitative estimate of drug-likeness (QED) is 0.387. The Bertz CT molecular complexity index is 1230. The molecule has 2 aliphatic heterocycles. The second-order valence-electron chi connectivity index (χ2n) is 9.79. The maximum Gasteiger partial charge on any atom is 0.330 e. The van der Waals surface area contributed by atoms with Crippen LogP contribution in [0.4, 0.5) is 0 Å². The maximum absolute atomic E-state index is 12.8. The number of ether oxygens (including phenoxy) is 1. The van der Waals surface area contributed by atoms with Crippen LogP contribution in [0.3, 0.4) is 0 Å². The van der Waals surface area contributed by atoms with E-state index in [0.29, 0.717) is 0 Å². The van der Waals surface area contributed by atoms with Gasteiger partial charge in [-0.15, -0.1) is 0 Å². The molecule has 1 spiro atoms. The average Bonchev–Trinajstić information content (AvgIpc) is 3.08. The van der Waals surface area contributed by atoms with Crippen LogP contribution in [0.15, 0.2) is 39.0 Å². The molecule has 3 heterocycles. The highest BCUT2D eigenvalue weighted by Gasteiger charge is 2.68. The van der Waals surface area contributed by atoms with E-state index in [2.05, 4.69) is 11.6 Å². The lowest BCUT2D eigenvalue weighted by Crippen LogP contribution is -2.58. The highest BCUT2D eigenvalue weighted by atomic mass is 32.2. The van der Waals surface area contributed by atoms with Crippen LogP contribution in [0.1, 0.15) is 32.6 Å². The zero-order valence-electron chi connectivity index (χ0n) is 19.5. The van der Waals surface area contributed by atoms with Crippen LogP contribution in [0.25, 0.3) is 0 Å². The summed E-state index contributed by atoms with van der Waals surface area (Å²) in [5, 5.41) is 9.83. The Balaban J connectivity index is 2.32. The third-order valence-electron chi connectivity index (χ3n) is 6.67. The third kappa shape index (κ3) is 3.86. The summed E-state index contributed by atoms with van der Waals surface area (Å²) in [6, 6.07) is 0. The number of nitrogens with two attached hydrogens (primary N) is 1. The Morgan fingerprint density at radius 2 is 2.00 bits per heavy atom. The zero-order valence-corrected chi connectivity index (χ0v) is 21.4. The molecule has 0 aliphatic carbocycles. The fraction of sp³-hybridized carbons (Fsp3) is 0.600. The van der Waals surface area contributed by atoms with Crippen LogP contribution in [0.5, 0.6) is 0 Å². The van der Waals surface area contributed by atoms with Crippen molar-refractivity contribution in [1.82, 2.24) is 9.55 Å². The molecule has 3 rings (SSSR count). The molecule has 0 aromatic carbocycles. The van der Waals surface area contributed by atoms with Gasteiger partial charge in [-0.3, -0.25) is 14.3 Å². The molecule has 184 valence electrons. The van der Waals surface area contributed by atoms with Crippen molar-refractivity contribution in [3.8, 4) is 0 Å². The number of aliphatic hydroxyl groups excluding tert-OH is 1. The first-order chi connectivity index (χ1) is 15.0. The predicted molar refractivity (Wildman–Crippen MR) is 123 cm³/mol. The normalized spacial score (nSPS) is 29.7. The standard InChI is InChI=1S/C20H31N3O8SSi/c1-8-12-14(21)20(31-32(12,27)28)13(10-24)29-17(15(20)30-33(6,7)19(3,4)5)23-9-11(2)16(25)22-18(23)26/h8-9,13,15,17,24H,1,10,21H2,2-7H3,(H,22,25,26)/t13?,15-,17+,20?/m0/s1. The SMILES string of the molecule is C=CC1=C(N)C2(OS1(=O)=O)C(CO)O[C@@H](n1cc(C)c(=O)[nH]c1=O)[C@@H]2O[Si](C)(C)C(C)(C)C. The number of rotatable bonds is 5. The fourth-order valence-electron chi connectivity index (χ4n) is 3.78. The van der Waals surface area contributed by atoms with Gasteiger partial charge in [-0.05, 0) is 31.1 Å². The first-order valence-electron chi connectivity index (χ1n) is 10.4. The number of H-pyrrole nitrogens is 1. The number of nitrogens with zero attached hydrogens (tertiary/aromatic N) is 1. The van der Waals surface area contributed by atoms with Crippen molar-refractivity contribution >= 4 is 18.4 Å². The van der Waals surface area contributed by atoms with Gasteiger partial charge in [0, 0.05) is 11.8 Å². The molecule has 13 heteroatoms. The fourth-order valence-corrected chi connectivity index (χ4v) is 6.44. The number of aromatic amines is 1. The van der Waals surface area contributed by atoms with E-state index in [9.17, 15) is 23.1 Å². The van der Waals surface area contributed by atoms with Crippen LogP contribution < -0.4 is 17.0 Å². The van der Waals surface area contributed by atoms with E-state index in [1.165, 1.54) is 13.1 Å². The van der Waals surface area contributed by atoms with Crippen molar-refractivity contribution in [3.63, 3.8) is 0 Å². The smallest absolute Gasteiger partial charge is 0.330 e. The van der Waals surface area contributed by atoms with Crippen LogP contribution in [0, 0.1) is 6.92 Å². The molecule has 1 aromatic rings. The van der Waals surface area contributed by atoms with Crippen molar-refractivity contribution in [1.29, 1.82) is 0 Å².